The Morgan fingerprint density at radius 1 is 1.04 bits per heavy atom. The van der Waals surface area contributed by atoms with Crippen molar-refractivity contribution in [2.45, 2.75) is 20.1 Å². The molecule has 0 bridgehead atoms. The number of carbonyl (C=O) groups is 1. The Morgan fingerprint density at radius 3 is 2.64 bits per heavy atom. The second-order valence-corrected chi connectivity index (χ2v) is 6.62. The second-order valence-electron chi connectivity index (χ2n) is 6.62. The lowest BCUT2D eigenvalue weighted by Gasteiger charge is -2.06. The molecule has 0 unspecified atom stereocenters. The Kier molecular flexibility index (Phi) is 5.01. The predicted molar refractivity (Wildman–Crippen MR) is 108 cm³/mol. The van der Waals surface area contributed by atoms with E-state index in [4.69, 9.17) is 4.74 Å². The van der Waals surface area contributed by atoms with Crippen LogP contribution in [0.3, 0.4) is 0 Å². The van der Waals surface area contributed by atoms with Crippen LogP contribution in [0.5, 0.6) is 5.75 Å². The number of carbonyl (C=O) groups excluding carboxylic acids is 1. The van der Waals surface area contributed by atoms with E-state index in [9.17, 15) is 4.79 Å². The molecular weight excluding hydrogens is 352 g/mol. The van der Waals surface area contributed by atoms with Crippen molar-refractivity contribution in [1.82, 2.24) is 15.0 Å². The van der Waals surface area contributed by atoms with E-state index in [1.54, 1.807) is 6.20 Å². The summed E-state index contributed by atoms with van der Waals surface area (Å²) in [5.41, 5.74) is 2.57. The first-order valence-corrected chi connectivity index (χ1v) is 9.03. The van der Waals surface area contributed by atoms with E-state index in [1.807, 2.05) is 67.6 Å². The fourth-order valence-corrected chi connectivity index (χ4v) is 2.88. The van der Waals surface area contributed by atoms with E-state index in [0.29, 0.717) is 5.69 Å². The van der Waals surface area contributed by atoms with Crippen molar-refractivity contribution in [3.05, 3.63) is 84.2 Å². The summed E-state index contributed by atoms with van der Waals surface area (Å²) in [6.45, 7) is 2.39. The maximum absolute atomic E-state index is 12.1. The number of nitrogens with zero attached hydrogens (tertiary/aromatic N) is 3. The Balaban J connectivity index is 1.33. The van der Waals surface area contributed by atoms with Crippen LogP contribution in [-0.2, 0) is 17.9 Å². The molecule has 1 aromatic heterocycles. The lowest BCUT2D eigenvalue weighted by molar-refractivity contribution is -0.116. The van der Waals surface area contributed by atoms with Crippen molar-refractivity contribution >= 4 is 22.4 Å². The molecule has 1 N–H and O–H groups in total. The van der Waals surface area contributed by atoms with E-state index in [2.05, 4.69) is 21.7 Å². The minimum Gasteiger partial charge on any atom is -0.487 e. The number of rotatable bonds is 6. The molecule has 1 amide bonds. The summed E-state index contributed by atoms with van der Waals surface area (Å²) < 4.78 is 7.31. The molecule has 0 atom stereocenters. The van der Waals surface area contributed by atoms with Crippen LogP contribution in [0.1, 0.15) is 11.3 Å². The van der Waals surface area contributed by atoms with Crippen LogP contribution in [0.15, 0.2) is 72.9 Å². The monoisotopic (exact) mass is 372 g/mol. The molecule has 0 spiro atoms. The first-order valence-electron chi connectivity index (χ1n) is 9.03. The van der Waals surface area contributed by atoms with Crippen LogP contribution in [0.25, 0.3) is 10.8 Å². The van der Waals surface area contributed by atoms with Crippen LogP contribution in [0.4, 0.5) is 5.69 Å². The standard InChI is InChI=1S/C22H20N4O2/c1-16-6-9-19(10-7-16)23-22(27)14-26-13-20(24-25-26)15-28-21-11-8-17-4-2-3-5-18(17)12-21/h2-13H,14-15H2,1H3,(H,23,27). The Labute approximate surface area is 162 Å². The minimum absolute atomic E-state index is 0.0941. The van der Waals surface area contributed by atoms with Gasteiger partial charge in [-0.1, -0.05) is 53.2 Å². The molecular formula is C22H20N4O2. The Bertz CT molecular complexity index is 1100. The summed E-state index contributed by atoms with van der Waals surface area (Å²) in [5.74, 6) is 0.612. The van der Waals surface area contributed by atoms with Crippen molar-refractivity contribution in [2.75, 3.05) is 5.32 Å². The molecule has 4 aromatic rings. The van der Waals surface area contributed by atoms with Crippen molar-refractivity contribution in [3.63, 3.8) is 0 Å². The van der Waals surface area contributed by atoms with Gasteiger partial charge in [-0.25, -0.2) is 4.68 Å². The van der Waals surface area contributed by atoms with Gasteiger partial charge in [-0.2, -0.15) is 0 Å². The highest BCUT2D eigenvalue weighted by atomic mass is 16.5. The maximum Gasteiger partial charge on any atom is 0.246 e. The number of aryl methyl sites for hydroxylation is 1. The molecule has 0 radical (unpaired) electrons. The molecule has 28 heavy (non-hydrogen) atoms. The summed E-state index contributed by atoms with van der Waals surface area (Å²) >= 11 is 0. The van der Waals surface area contributed by atoms with Gasteiger partial charge >= 0.3 is 0 Å². The lowest BCUT2D eigenvalue weighted by Crippen LogP contribution is -2.19. The zero-order valence-corrected chi connectivity index (χ0v) is 15.5. The zero-order valence-electron chi connectivity index (χ0n) is 15.5. The molecule has 6 heteroatoms. The lowest BCUT2D eigenvalue weighted by atomic mass is 10.1. The number of aromatic nitrogens is 3. The predicted octanol–water partition coefficient (Wildman–Crippen LogP) is 3.96. The smallest absolute Gasteiger partial charge is 0.246 e. The van der Waals surface area contributed by atoms with Crippen LogP contribution >= 0.6 is 0 Å². The molecule has 1 heterocycles. The highest BCUT2D eigenvalue weighted by Gasteiger charge is 2.07. The molecule has 0 saturated heterocycles. The number of hydrogen-bond acceptors (Lipinski definition) is 4. The summed E-state index contributed by atoms with van der Waals surface area (Å²) in [6, 6.07) is 21.7. The number of benzene rings is 3. The van der Waals surface area contributed by atoms with E-state index < -0.39 is 0 Å². The molecule has 0 fully saturated rings. The summed E-state index contributed by atoms with van der Waals surface area (Å²) in [6.07, 6.45) is 1.72. The first kappa shape index (κ1) is 17.7. The van der Waals surface area contributed by atoms with Gasteiger partial charge in [-0.05, 0) is 42.0 Å². The quantitative estimate of drug-likeness (QED) is 0.556. The topological polar surface area (TPSA) is 69.0 Å². The highest BCUT2D eigenvalue weighted by molar-refractivity contribution is 5.90. The molecule has 140 valence electrons. The van der Waals surface area contributed by atoms with E-state index in [1.165, 1.54) is 10.1 Å². The van der Waals surface area contributed by atoms with E-state index >= 15 is 0 Å². The highest BCUT2D eigenvalue weighted by Crippen LogP contribution is 2.21. The van der Waals surface area contributed by atoms with Gasteiger partial charge in [0.1, 0.15) is 24.6 Å². The van der Waals surface area contributed by atoms with Gasteiger partial charge in [-0.3, -0.25) is 4.79 Å². The third kappa shape index (κ3) is 4.35. The van der Waals surface area contributed by atoms with Crippen LogP contribution in [0.2, 0.25) is 0 Å². The van der Waals surface area contributed by atoms with Crippen molar-refractivity contribution < 1.29 is 9.53 Å². The molecule has 0 aliphatic heterocycles. The number of nitrogens with one attached hydrogen (secondary N) is 1. The second kappa shape index (κ2) is 7.92. The van der Waals surface area contributed by atoms with Crippen LogP contribution < -0.4 is 10.1 Å². The minimum atomic E-state index is -0.157. The fourth-order valence-electron chi connectivity index (χ4n) is 2.88. The Morgan fingerprint density at radius 2 is 1.82 bits per heavy atom. The number of fused-ring (bicyclic) bond motifs is 1. The van der Waals surface area contributed by atoms with Gasteiger partial charge in [0.15, 0.2) is 0 Å². The summed E-state index contributed by atoms with van der Waals surface area (Å²) in [5, 5.41) is 13.2. The SMILES string of the molecule is Cc1ccc(NC(=O)Cn2cc(COc3ccc4ccccc4c3)nn2)cc1. The average molecular weight is 372 g/mol. The number of anilines is 1. The maximum atomic E-state index is 12.1. The van der Waals surface area contributed by atoms with Gasteiger partial charge < -0.3 is 10.1 Å². The molecule has 3 aromatic carbocycles. The van der Waals surface area contributed by atoms with Gasteiger partial charge in [0.25, 0.3) is 0 Å². The first-order chi connectivity index (χ1) is 13.7. The average Bonchev–Trinajstić information content (AvgIpc) is 3.15. The van der Waals surface area contributed by atoms with Gasteiger partial charge in [-0.15, -0.1) is 5.10 Å². The van der Waals surface area contributed by atoms with Crippen LogP contribution in [0, 0.1) is 6.92 Å². The van der Waals surface area contributed by atoms with Crippen molar-refractivity contribution in [2.24, 2.45) is 0 Å². The molecule has 0 saturated carbocycles. The summed E-state index contributed by atoms with van der Waals surface area (Å²) in [4.78, 5) is 12.1. The molecule has 6 nitrogen and oxygen atoms in total. The molecule has 4 rings (SSSR count). The fraction of sp³-hybridized carbons (Fsp3) is 0.136. The third-order valence-electron chi connectivity index (χ3n) is 4.33. The Hall–Kier alpha value is -3.67. The summed E-state index contributed by atoms with van der Waals surface area (Å²) in [7, 11) is 0. The normalized spacial score (nSPS) is 10.8. The van der Waals surface area contributed by atoms with Gasteiger partial charge in [0.05, 0.1) is 6.20 Å². The third-order valence-corrected chi connectivity index (χ3v) is 4.33. The van der Waals surface area contributed by atoms with E-state index in [-0.39, 0.29) is 19.1 Å². The largest absolute Gasteiger partial charge is 0.487 e. The van der Waals surface area contributed by atoms with Crippen molar-refractivity contribution in [3.8, 4) is 5.75 Å². The number of ether oxygens (including phenoxy) is 1. The van der Waals surface area contributed by atoms with E-state index in [0.717, 1.165) is 22.4 Å². The number of amides is 1. The molecule has 0 aliphatic carbocycles. The van der Waals surface area contributed by atoms with Crippen molar-refractivity contribution in [1.29, 1.82) is 0 Å². The number of hydrogen-bond donors (Lipinski definition) is 1. The van der Waals surface area contributed by atoms with Gasteiger partial charge in [0.2, 0.25) is 5.91 Å². The van der Waals surface area contributed by atoms with Gasteiger partial charge in [0, 0.05) is 5.69 Å². The molecule has 0 aliphatic rings. The zero-order chi connectivity index (χ0) is 19.3. The van der Waals surface area contributed by atoms with Crippen LogP contribution in [-0.4, -0.2) is 20.9 Å².